The van der Waals surface area contributed by atoms with Gasteiger partial charge in [-0.05, 0) is 19.8 Å². The first kappa shape index (κ1) is 11.0. The van der Waals surface area contributed by atoms with E-state index in [9.17, 15) is 4.57 Å². The maximum absolute atomic E-state index is 9.98. The van der Waals surface area contributed by atoms with Gasteiger partial charge in [0.05, 0.1) is 0 Å². The maximum atomic E-state index is 9.98. The Morgan fingerprint density at radius 3 is 2.55 bits per heavy atom. The quantitative estimate of drug-likeness (QED) is 0.477. The van der Waals surface area contributed by atoms with Crippen molar-refractivity contribution in [2.45, 2.75) is 19.8 Å². The summed E-state index contributed by atoms with van der Waals surface area (Å²) in [6.07, 6.45) is 1.64. The monoisotopic (exact) mass is 181 g/mol. The predicted molar refractivity (Wildman–Crippen MR) is 41.5 cm³/mol. The van der Waals surface area contributed by atoms with E-state index in [0.717, 1.165) is 19.4 Å². The number of hydrogen-bond donors (Lipinski definition) is 1. The van der Waals surface area contributed by atoms with E-state index in [1.807, 2.05) is 6.92 Å². The highest BCUT2D eigenvalue weighted by atomic mass is 31.1. The van der Waals surface area contributed by atoms with Gasteiger partial charge in [0.2, 0.25) is 0 Å². The average Bonchev–Trinajstić information content (AvgIpc) is 1.96. The molecule has 0 rings (SSSR count). The van der Waals surface area contributed by atoms with Crippen molar-refractivity contribution >= 4 is 8.25 Å². The Bertz CT molecular complexity index is 107. The molecule has 1 N–H and O–H groups in total. The first-order chi connectivity index (χ1) is 5.27. The second-order valence-corrected chi connectivity index (χ2v) is 2.71. The summed E-state index contributed by atoms with van der Waals surface area (Å²) < 4.78 is 19.5. The number of ether oxygens (including phenoxy) is 1. The molecule has 1 atom stereocenters. The van der Waals surface area contributed by atoms with E-state index in [-0.39, 0.29) is 0 Å². The molecule has 5 heteroatoms. The van der Waals surface area contributed by atoms with Crippen LogP contribution >= 0.6 is 8.25 Å². The highest BCUT2D eigenvalue weighted by Gasteiger charge is 2.09. The molecule has 0 aliphatic rings. The molecule has 0 radical (unpaired) electrons. The topological polar surface area (TPSA) is 55.8 Å². The first-order valence-corrected chi connectivity index (χ1v) is 4.77. The molecule has 11 heavy (non-hydrogen) atoms. The molecule has 0 spiro atoms. The van der Waals surface area contributed by atoms with Crippen LogP contribution in [0.15, 0.2) is 0 Å². The zero-order chi connectivity index (χ0) is 8.53. The SMILES string of the molecule is CCOCCCCO[P+](=O)O. The highest BCUT2D eigenvalue weighted by Crippen LogP contribution is 2.14. The van der Waals surface area contributed by atoms with E-state index < -0.39 is 8.25 Å². The molecule has 0 fully saturated rings. The second-order valence-electron chi connectivity index (χ2n) is 1.98. The molecule has 1 unspecified atom stereocenters. The normalized spacial score (nSPS) is 11.6. The molecule has 0 aliphatic carbocycles. The third kappa shape index (κ3) is 9.98. The summed E-state index contributed by atoms with van der Waals surface area (Å²) in [5.41, 5.74) is 0. The fourth-order valence-electron chi connectivity index (χ4n) is 0.593. The van der Waals surface area contributed by atoms with Crippen LogP contribution in [0.3, 0.4) is 0 Å². The van der Waals surface area contributed by atoms with E-state index in [1.165, 1.54) is 0 Å². The lowest BCUT2D eigenvalue weighted by Crippen LogP contribution is -1.95. The van der Waals surface area contributed by atoms with Gasteiger partial charge in [0.25, 0.3) is 0 Å². The van der Waals surface area contributed by atoms with Gasteiger partial charge in [-0.2, -0.15) is 0 Å². The van der Waals surface area contributed by atoms with Crippen molar-refractivity contribution in [2.75, 3.05) is 19.8 Å². The summed E-state index contributed by atoms with van der Waals surface area (Å²) >= 11 is 0. The highest BCUT2D eigenvalue weighted by molar-refractivity contribution is 7.32. The molecule has 66 valence electrons. The van der Waals surface area contributed by atoms with Crippen LogP contribution in [0.2, 0.25) is 0 Å². The van der Waals surface area contributed by atoms with Crippen LogP contribution in [-0.2, 0) is 13.8 Å². The Kier molecular flexibility index (Phi) is 8.07. The number of rotatable bonds is 7. The smallest absolute Gasteiger partial charge is 0.382 e. The third-order valence-electron chi connectivity index (χ3n) is 1.09. The van der Waals surface area contributed by atoms with Crippen LogP contribution in [0, 0.1) is 0 Å². The maximum Gasteiger partial charge on any atom is 0.694 e. The molecule has 0 amide bonds. The van der Waals surface area contributed by atoms with Crippen LogP contribution in [-0.4, -0.2) is 24.7 Å². The summed E-state index contributed by atoms with van der Waals surface area (Å²) in [6, 6.07) is 0. The van der Waals surface area contributed by atoms with Crippen LogP contribution in [0.4, 0.5) is 0 Å². The van der Waals surface area contributed by atoms with Gasteiger partial charge in [0.1, 0.15) is 6.61 Å². The van der Waals surface area contributed by atoms with Gasteiger partial charge in [-0.25, -0.2) is 0 Å². The largest absolute Gasteiger partial charge is 0.694 e. The van der Waals surface area contributed by atoms with Gasteiger partial charge >= 0.3 is 8.25 Å². The molecule has 0 bridgehead atoms. The summed E-state index contributed by atoms with van der Waals surface area (Å²) in [6.45, 7) is 3.68. The molecule has 4 nitrogen and oxygen atoms in total. The Hall–Kier alpha value is -0.0200. The minimum Gasteiger partial charge on any atom is -0.382 e. The minimum absolute atomic E-state index is 0.332. The Morgan fingerprint density at radius 2 is 2.00 bits per heavy atom. The van der Waals surface area contributed by atoms with Crippen molar-refractivity contribution < 1.29 is 18.7 Å². The molecular formula is C6H14O4P+. The van der Waals surface area contributed by atoms with E-state index in [2.05, 4.69) is 4.52 Å². The van der Waals surface area contributed by atoms with Gasteiger partial charge in [-0.15, -0.1) is 9.42 Å². The minimum atomic E-state index is -2.42. The lowest BCUT2D eigenvalue weighted by molar-refractivity contribution is 0.138. The molecule has 0 heterocycles. The molecule has 0 aromatic carbocycles. The molecular weight excluding hydrogens is 167 g/mol. The third-order valence-corrected chi connectivity index (χ3v) is 1.49. The first-order valence-electron chi connectivity index (χ1n) is 3.64. The van der Waals surface area contributed by atoms with Crippen LogP contribution in [0.5, 0.6) is 0 Å². The summed E-state index contributed by atoms with van der Waals surface area (Å²) in [4.78, 5) is 8.21. The zero-order valence-electron chi connectivity index (χ0n) is 6.65. The van der Waals surface area contributed by atoms with Gasteiger partial charge < -0.3 is 4.74 Å². The second kappa shape index (κ2) is 8.08. The average molecular weight is 181 g/mol. The van der Waals surface area contributed by atoms with Crippen molar-refractivity contribution in [2.24, 2.45) is 0 Å². The Morgan fingerprint density at radius 1 is 1.36 bits per heavy atom. The van der Waals surface area contributed by atoms with Crippen molar-refractivity contribution in [3.63, 3.8) is 0 Å². The fourth-order valence-corrected chi connectivity index (χ4v) is 0.878. The number of unbranched alkanes of at least 4 members (excludes halogenated alkanes) is 1. The predicted octanol–water partition coefficient (Wildman–Crippen LogP) is 1.47. The van der Waals surface area contributed by atoms with Gasteiger partial charge in [0.15, 0.2) is 0 Å². The number of hydrogen-bond acceptors (Lipinski definition) is 3. The zero-order valence-corrected chi connectivity index (χ0v) is 7.55. The lowest BCUT2D eigenvalue weighted by atomic mass is 10.3. The fraction of sp³-hybridized carbons (Fsp3) is 1.00. The van der Waals surface area contributed by atoms with Crippen LogP contribution in [0.1, 0.15) is 19.8 Å². The molecule has 0 saturated heterocycles. The summed E-state index contributed by atoms with van der Waals surface area (Å²) in [5.74, 6) is 0. The molecule has 0 saturated carbocycles. The van der Waals surface area contributed by atoms with E-state index in [4.69, 9.17) is 9.63 Å². The molecule has 0 aromatic heterocycles. The standard InChI is InChI=1S/C6H13O4P/c1-2-9-5-3-4-6-10-11(7)8/h2-6H2,1H3/p+1. The van der Waals surface area contributed by atoms with Crippen LogP contribution in [0.25, 0.3) is 0 Å². The van der Waals surface area contributed by atoms with Gasteiger partial charge in [0, 0.05) is 17.8 Å². The lowest BCUT2D eigenvalue weighted by Gasteiger charge is -1.96. The summed E-state index contributed by atoms with van der Waals surface area (Å²) in [7, 11) is -2.42. The van der Waals surface area contributed by atoms with E-state index in [0.29, 0.717) is 13.2 Å². The Balaban J connectivity index is 2.85. The van der Waals surface area contributed by atoms with Crippen LogP contribution < -0.4 is 0 Å². The van der Waals surface area contributed by atoms with Gasteiger partial charge in [-0.3, -0.25) is 0 Å². The molecule has 0 aliphatic heterocycles. The van der Waals surface area contributed by atoms with Crippen molar-refractivity contribution in [1.82, 2.24) is 0 Å². The Labute approximate surface area is 67.5 Å². The van der Waals surface area contributed by atoms with Crippen molar-refractivity contribution in [3.8, 4) is 0 Å². The van der Waals surface area contributed by atoms with Crippen molar-refractivity contribution in [3.05, 3.63) is 0 Å². The van der Waals surface area contributed by atoms with E-state index in [1.54, 1.807) is 0 Å². The van der Waals surface area contributed by atoms with Gasteiger partial charge in [-0.1, -0.05) is 0 Å². The van der Waals surface area contributed by atoms with Crippen molar-refractivity contribution in [1.29, 1.82) is 0 Å². The molecule has 0 aromatic rings. The summed E-state index contributed by atoms with van der Waals surface area (Å²) in [5, 5.41) is 0. The van der Waals surface area contributed by atoms with E-state index >= 15 is 0 Å².